The number of fused-ring (bicyclic) bond motifs is 1. The van der Waals surface area contributed by atoms with Crippen molar-refractivity contribution in [2.75, 3.05) is 0 Å². The van der Waals surface area contributed by atoms with Gasteiger partial charge in [-0.1, -0.05) is 73.9 Å². The molecule has 1 fully saturated rings. The Morgan fingerprint density at radius 2 is 1.46 bits per heavy atom. The summed E-state index contributed by atoms with van der Waals surface area (Å²) in [7, 11) is 0. The molecule has 1 aliphatic carbocycles. The molecule has 39 heavy (non-hydrogen) atoms. The number of rotatable bonds is 3. The SMILES string of the molecule is CC1(C)NC(=O)C[C@H](Cc2ccccc2)NC(=O)Cc2ccccc2CNC(=O)[C@@H](C2CCCCC2)NC1=O. The van der Waals surface area contributed by atoms with E-state index in [1.807, 2.05) is 54.6 Å². The van der Waals surface area contributed by atoms with E-state index in [2.05, 4.69) is 21.3 Å². The van der Waals surface area contributed by atoms with Gasteiger partial charge in [-0.15, -0.1) is 0 Å². The molecule has 208 valence electrons. The molecule has 1 heterocycles. The predicted octanol–water partition coefficient (Wildman–Crippen LogP) is 2.94. The van der Waals surface area contributed by atoms with Crippen molar-refractivity contribution in [2.24, 2.45) is 5.92 Å². The summed E-state index contributed by atoms with van der Waals surface area (Å²) in [6.45, 7) is 3.54. The van der Waals surface area contributed by atoms with Crippen LogP contribution in [0.1, 0.15) is 69.1 Å². The maximum Gasteiger partial charge on any atom is 0.245 e. The van der Waals surface area contributed by atoms with Crippen LogP contribution < -0.4 is 21.3 Å². The molecule has 2 aromatic carbocycles. The molecular weight excluding hydrogens is 492 g/mol. The number of carbonyl (C=O) groups excluding carboxylic acids is 4. The normalized spacial score (nSPS) is 23.5. The van der Waals surface area contributed by atoms with Gasteiger partial charge in [0, 0.05) is 19.0 Å². The first-order valence-corrected chi connectivity index (χ1v) is 14.0. The standard InChI is InChI=1S/C31H40N4O4/c1-31(2)30(39)34-28(22-13-7-4-8-14-22)29(38)32-20-24-16-10-9-15-23(24)18-26(36)33-25(19-27(37)35-31)17-21-11-5-3-6-12-21/h3,5-6,9-12,15-16,22,25,28H,4,7-8,13-14,17-20H2,1-2H3,(H,32,38)(H,33,36)(H,34,39)(H,35,37)/t25-,28+/m0/s1. The van der Waals surface area contributed by atoms with Gasteiger partial charge in [0.05, 0.1) is 6.42 Å². The van der Waals surface area contributed by atoms with Gasteiger partial charge in [0.15, 0.2) is 0 Å². The molecule has 4 N–H and O–H groups in total. The first-order chi connectivity index (χ1) is 18.7. The van der Waals surface area contributed by atoms with Gasteiger partial charge in [0.1, 0.15) is 11.6 Å². The van der Waals surface area contributed by atoms with Crippen LogP contribution in [0.4, 0.5) is 0 Å². The van der Waals surface area contributed by atoms with E-state index in [0.29, 0.717) is 6.42 Å². The van der Waals surface area contributed by atoms with E-state index >= 15 is 0 Å². The molecule has 2 aliphatic rings. The lowest BCUT2D eigenvalue weighted by atomic mass is 9.83. The Kier molecular flexibility index (Phi) is 9.38. The summed E-state index contributed by atoms with van der Waals surface area (Å²) in [6, 6.07) is 16.1. The smallest absolute Gasteiger partial charge is 0.245 e. The van der Waals surface area contributed by atoms with E-state index in [1.54, 1.807) is 13.8 Å². The molecule has 0 bridgehead atoms. The second kappa shape index (κ2) is 12.9. The van der Waals surface area contributed by atoms with Crippen LogP contribution >= 0.6 is 0 Å². The van der Waals surface area contributed by atoms with E-state index in [0.717, 1.165) is 48.8 Å². The van der Waals surface area contributed by atoms with Crippen molar-refractivity contribution in [1.82, 2.24) is 21.3 Å². The zero-order valence-corrected chi connectivity index (χ0v) is 22.9. The van der Waals surface area contributed by atoms with Crippen LogP contribution in [-0.2, 0) is 38.6 Å². The lowest BCUT2D eigenvalue weighted by molar-refractivity contribution is -0.136. The van der Waals surface area contributed by atoms with E-state index in [9.17, 15) is 19.2 Å². The Morgan fingerprint density at radius 1 is 0.795 bits per heavy atom. The summed E-state index contributed by atoms with van der Waals surface area (Å²) in [5.41, 5.74) is 1.42. The van der Waals surface area contributed by atoms with Crippen LogP contribution in [0.5, 0.6) is 0 Å². The Hall–Kier alpha value is -3.68. The number of amides is 4. The fourth-order valence-electron chi connectivity index (χ4n) is 5.59. The molecule has 4 rings (SSSR count). The van der Waals surface area contributed by atoms with Crippen LogP contribution in [0, 0.1) is 5.92 Å². The zero-order chi connectivity index (χ0) is 27.8. The Balaban J connectivity index is 1.62. The number of hydrogen-bond acceptors (Lipinski definition) is 4. The number of carbonyl (C=O) groups is 4. The molecule has 4 amide bonds. The predicted molar refractivity (Wildman–Crippen MR) is 149 cm³/mol. The molecule has 1 saturated carbocycles. The van der Waals surface area contributed by atoms with Crippen molar-refractivity contribution in [3.05, 3.63) is 71.3 Å². The third kappa shape index (κ3) is 7.91. The van der Waals surface area contributed by atoms with Crippen molar-refractivity contribution >= 4 is 23.6 Å². The van der Waals surface area contributed by atoms with Crippen molar-refractivity contribution in [3.8, 4) is 0 Å². The molecule has 8 nitrogen and oxygen atoms in total. The largest absolute Gasteiger partial charge is 0.352 e. The van der Waals surface area contributed by atoms with E-state index < -0.39 is 23.5 Å². The van der Waals surface area contributed by atoms with Crippen LogP contribution in [0.25, 0.3) is 0 Å². The lowest BCUT2D eigenvalue weighted by Crippen LogP contribution is -2.61. The molecule has 2 atom stereocenters. The molecule has 0 aromatic heterocycles. The fourth-order valence-corrected chi connectivity index (χ4v) is 5.59. The number of benzene rings is 2. The molecule has 2 aromatic rings. The van der Waals surface area contributed by atoms with Crippen LogP contribution in [0.3, 0.4) is 0 Å². The number of hydrogen-bond donors (Lipinski definition) is 4. The fraction of sp³-hybridized carbons (Fsp3) is 0.484. The molecule has 0 unspecified atom stereocenters. The minimum Gasteiger partial charge on any atom is -0.352 e. The lowest BCUT2D eigenvalue weighted by Gasteiger charge is -2.34. The summed E-state index contributed by atoms with van der Waals surface area (Å²) < 4.78 is 0. The summed E-state index contributed by atoms with van der Waals surface area (Å²) in [6.07, 6.45) is 5.52. The van der Waals surface area contributed by atoms with Gasteiger partial charge in [-0.25, -0.2) is 0 Å². The van der Waals surface area contributed by atoms with E-state index in [4.69, 9.17) is 0 Å². The van der Waals surface area contributed by atoms with Gasteiger partial charge in [-0.2, -0.15) is 0 Å². The average Bonchev–Trinajstić information content (AvgIpc) is 2.91. The third-order valence-electron chi connectivity index (χ3n) is 7.75. The van der Waals surface area contributed by atoms with Gasteiger partial charge in [0.25, 0.3) is 0 Å². The summed E-state index contributed by atoms with van der Waals surface area (Å²) >= 11 is 0. The highest BCUT2D eigenvalue weighted by Crippen LogP contribution is 2.27. The minimum atomic E-state index is -1.24. The molecule has 8 heteroatoms. The van der Waals surface area contributed by atoms with Crippen molar-refractivity contribution < 1.29 is 19.2 Å². The first kappa shape index (κ1) is 28.3. The van der Waals surface area contributed by atoms with Gasteiger partial charge < -0.3 is 21.3 Å². The van der Waals surface area contributed by atoms with Gasteiger partial charge in [-0.05, 0) is 55.7 Å². The molecule has 0 radical (unpaired) electrons. The Labute approximate surface area is 230 Å². The highest BCUT2D eigenvalue weighted by Gasteiger charge is 2.37. The van der Waals surface area contributed by atoms with Gasteiger partial charge in [-0.3, -0.25) is 19.2 Å². The molecule has 0 saturated heterocycles. The quantitative estimate of drug-likeness (QED) is 0.486. The molecule has 0 spiro atoms. The summed E-state index contributed by atoms with van der Waals surface area (Å²) in [4.78, 5) is 53.2. The minimum absolute atomic E-state index is 0.0194. The Morgan fingerprint density at radius 3 is 2.18 bits per heavy atom. The van der Waals surface area contributed by atoms with Crippen LogP contribution in [0.15, 0.2) is 54.6 Å². The van der Waals surface area contributed by atoms with Crippen molar-refractivity contribution in [3.63, 3.8) is 0 Å². The monoisotopic (exact) mass is 532 g/mol. The first-order valence-electron chi connectivity index (χ1n) is 14.0. The second-order valence-electron chi connectivity index (χ2n) is 11.3. The molecular formula is C31H40N4O4. The van der Waals surface area contributed by atoms with Gasteiger partial charge >= 0.3 is 0 Å². The maximum atomic E-state index is 13.4. The number of nitrogens with one attached hydrogen (secondary N) is 4. The van der Waals surface area contributed by atoms with E-state index in [-0.39, 0.29) is 43.0 Å². The topological polar surface area (TPSA) is 116 Å². The third-order valence-corrected chi connectivity index (χ3v) is 7.75. The van der Waals surface area contributed by atoms with Crippen molar-refractivity contribution in [1.29, 1.82) is 0 Å². The van der Waals surface area contributed by atoms with Crippen molar-refractivity contribution in [2.45, 2.75) is 89.4 Å². The summed E-state index contributed by atoms with van der Waals surface area (Å²) in [5, 5.41) is 11.9. The average molecular weight is 533 g/mol. The highest BCUT2D eigenvalue weighted by molar-refractivity contribution is 5.94. The van der Waals surface area contributed by atoms with Crippen LogP contribution in [-0.4, -0.2) is 41.3 Å². The zero-order valence-electron chi connectivity index (χ0n) is 22.9. The van der Waals surface area contributed by atoms with Gasteiger partial charge in [0.2, 0.25) is 23.6 Å². The highest BCUT2D eigenvalue weighted by atomic mass is 16.2. The van der Waals surface area contributed by atoms with Crippen LogP contribution in [0.2, 0.25) is 0 Å². The molecule has 1 aliphatic heterocycles. The Bertz CT molecular complexity index is 1170. The maximum absolute atomic E-state index is 13.4. The second-order valence-corrected chi connectivity index (χ2v) is 11.3. The van der Waals surface area contributed by atoms with E-state index in [1.165, 1.54) is 0 Å². The summed E-state index contributed by atoms with van der Waals surface area (Å²) in [5.74, 6) is -1.16.